The Kier molecular flexibility index (Phi) is 4.89. The number of thioether (sulfide) groups is 1. The highest BCUT2D eigenvalue weighted by molar-refractivity contribution is 7.98. The maximum Gasteiger partial charge on any atom is 0.417 e. The van der Waals surface area contributed by atoms with Gasteiger partial charge in [-0.15, -0.1) is 11.8 Å². The molecule has 1 aromatic carbocycles. The van der Waals surface area contributed by atoms with Crippen LogP contribution in [-0.4, -0.2) is 41.2 Å². The van der Waals surface area contributed by atoms with E-state index in [1.807, 2.05) is 24.5 Å². The number of aromatic nitrogens is 1. The predicted molar refractivity (Wildman–Crippen MR) is 87.8 cm³/mol. The first kappa shape index (κ1) is 17.6. The van der Waals surface area contributed by atoms with Crippen LogP contribution in [0.2, 0.25) is 0 Å². The summed E-state index contributed by atoms with van der Waals surface area (Å²) in [6, 6.07) is 9.47. The number of hydrogen-bond acceptors (Lipinski definition) is 4. The van der Waals surface area contributed by atoms with E-state index in [1.54, 1.807) is 11.0 Å². The van der Waals surface area contributed by atoms with Crippen LogP contribution in [0.25, 0.3) is 0 Å². The molecule has 2 aromatic rings. The lowest BCUT2D eigenvalue weighted by atomic mass is 10.1. The van der Waals surface area contributed by atoms with E-state index in [2.05, 4.69) is 4.98 Å². The predicted octanol–water partition coefficient (Wildman–Crippen LogP) is 3.73. The van der Waals surface area contributed by atoms with E-state index in [1.165, 1.54) is 17.8 Å². The van der Waals surface area contributed by atoms with Crippen molar-refractivity contribution in [2.75, 3.05) is 19.3 Å². The number of ether oxygens (including phenoxy) is 1. The molecule has 1 aliphatic rings. The Bertz CT molecular complexity index is 759. The van der Waals surface area contributed by atoms with Gasteiger partial charge in [0.25, 0.3) is 5.91 Å². The van der Waals surface area contributed by atoms with Crippen molar-refractivity contribution in [2.45, 2.75) is 17.2 Å². The van der Waals surface area contributed by atoms with E-state index < -0.39 is 11.7 Å². The van der Waals surface area contributed by atoms with E-state index >= 15 is 0 Å². The van der Waals surface area contributed by atoms with Gasteiger partial charge in [-0.1, -0.05) is 12.1 Å². The standard InChI is InChI=1S/C17H15F3N2O2S/c1-25-14-5-3-2-4-13(14)16(23)22-9-12(10-22)24-15-7-6-11(8-21-15)17(18,19)20/h2-8,12H,9-10H2,1H3. The molecule has 25 heavy (non-hydrogen) atoms. The third-order valence-corrected chi connectivity index (χ3v) is 4.62. The van der Waals surface area contributed by atoms with Gasteiger partial charge >= 0.3 is 6.18 Å². The third kappa shape index (κ3) is 3.89. The number of hydrogen-bond donors (Lipinski definition) is 0. The third-order valence-electron chi connectivity index (χ3n) is 3.82. The summed E-state index contributed by atoms with van der Waals surface area (Å²) in [5, 5.41) is 0. The summed E-state index contributed by atoms with van der Waals surface area (Å²) in [4.78, 5) is 18.7. The molecule has 0 N–H and O–H groups in total. The minimum atomic E-state index is -4.42. The molecule has 1 fully saturated rings. The molecule has 1 aromatic heterocycles. The van der Waals surface area contributed by atoms with Crippen LogP contribution < -0.4 is 4.74 Å². The normalized spacial score (nSPS) is 15.0. The fourth-order valence-corrected chi connectivity index (χ4v) is 3.05. The first-order valence-corrected chi connectivity index (χ1v) is 8.73. The number of rotatable bonds is 4. The topological polar surface area (TPSA) is 42.4 Å². The number of carbonyl (C=O) groups excluding carboxylic acids is 1. The summed E-state index contributed by atoms with van der Waals surface area (Å²) in [5.74, 6) is 0.0415. The quantitative estimate of drug-likeness (QED) is 0.772. The molecule has 132 valence electrons. The van der Waals surface area contributed by atoms with Crippen LogP contribution in [-0.2, 0) is 6.18 Å². The summed E-state index contributed by atoms with van der Waals surface area (Å²) in [5.41, 5.74) is -0.181. The molecule has 0 aliphatic carbocycles. The first-order chi connectivity index (χ1) is 11.9. The monoisotopic (exact) mass is 368 g/mol. The van der Waals surface area contributed by atoms with Crippen LogP contribution in [0.3, 0.4) is 0 Å². The van der Waals surface area contributed by atoms with Gasteiger partial charge in [-0.2, -0.15) is 13.2 Å². The summed E-state index contributed by atoms with van der Waals surface area (Å²) >= 11 is 1.50. The van der Waals surface area contributed by atoms with E-state index in [-0.39, 0.29) is 17.9 Å². The molecule has 0 unspecified atom stereocenters. The molecular formula is C17H15F3N2O2S. The van der Waals surface area contributed by atoms with Crippen LogP contribution in [0.4, 0.5) is 13.2 Å². The zero-order chi connectivity index (χ0) is 18.0. The maximum atomic E-state index is 12.5. The van der Waals surface area contributed by atoms with E-state index in [9.17, 15) is 18.0 Å². The van der Waals surface area contributed by atoms with Crippen molar-refractivity contribution in [3.05, 3.63) is 53.7 Å². The second kappa shape index (κ2) is 6.95. The highest BCUT2D eigenvalue weighted by Gasteiger charge is 2.34. The fourth-order valence-electron chi connectivity index (χ4n) is 2.46. The highest BCUT2D eigenvalue weighted by atomic mass is 32.2. The van der Waals surface area contributed by atoms with E-state index in [0.29, 0.717) is 18.7 Å². The highest BCUT2D eigenvalue weighted by Crippen LogP contribution is 2.30. The zero-order valence-corrected chi connectivity index (χ0v) is 14.1. The van der Waals surface area contributed by atoms with Gasteiger partial charge in [-0.05, 0) is 24.5 Å². The van der Waals surface area contributed by atoms with Crippen LogP contribution in [0.1, 0.15) is 15.9 Å². The summed E-state index contributed by atoms with van der Waals surface area (Å²) < 4.78 is 43.0. The number of pyridine rings is 1. The molecule has 0 saturated carbocycles. The molecule has 8 heteroatoms. The van der Waals surface area contributed by atoms with Crippen molar-refractivity contribution in [1.82, 2.24) is 9.88 Å². The zero-order valence-electron chi connectivity index (χ0n) is 13.3. The first-order valence-electron chi connectivity index (χ1n) is 7.50. The minimum Gasteiger partial charge on any atom is -0.471 e. The Labute approximate surface area is 147 Å². The molecule has 0 radical (unpaired) electrons. The van der Waals surface area contributed by atoms with Crippen LogP contribution in [0, 0.1) is 0 Å². The Hall–Kier alpha value is -2.22. The van der Waals surface area contributed by atoms with Crippen molar-refractivity contribution >= 4 is 17.7 Å². The lowest BCUT2D eigenvalue weighted by Crippen LogP contribution is -2.56. The molecular weight excluding hydrogens is 353 g/mol. The molecule has 2 heterocycles. The Morgan fingerprint density at radius 3 is 2.56 bits per heavy atom. The van der Waals surface area contributed by atoms with Gasteiger partial charge in [0.05, 0.1) is 24.2 Å². The number of likely N-dealkylation sites (tertiary alicyclic amines) is 1. The maximum absolute atomic E-state index is 12.5. The van der Waals surface area contributed by atoms with Gasteiger partial charge in [0.2, 0.25) is 5.88 Å². The van der Waals surface area contributed by atoms with Crippen LogP contribution in [0.15, 0.2) is 47.5 Å². The second-order valence-corrected chi connectivity index (χ2v) is 6.38. The minimum absolute atomic E-state index is 0.0785. The van der Waals surface area contributed by atoms with Crippen molar-refractivity contribution in [3.8, 4) is 5.88 Å². The molecule has 0 atom stereocenters. The average Bonchev–Trinajstić information content (AvgIpc) is 2.56. The Morgan fingerprint density at radius 1 is 1.24 bits per heavy atom. The van der Waals surface area contributed by atoms with Crippen molar-refractivity contribution in [2.24, 2.45) is 0 Å². The van der Waals surface area contributed by atoms with Gasteiger partial charge in [-0.25, -0.2) is 4.98 Å². The van der Waals surface area contributed by atoms with Crippen LogP contribution >= 0.6 is 11.8 Å². The van der Waals surface area contributed by atoms with Gasteiger partial charge in [0, 0.05) is 17.2 Å². The molecule has 1 amide bonds. The molecule has 0 spiro atoms. The molecule has 3 rings (SSSR count). The smallest absolute Gasteiger partial charge is 0.417 e. The largest absolute Gasteiger partial charge is 0.471 e. The van der Waals surface area contributed by atoms with Gasteiger partial charge in [-0.3, -0.25) is 4.79 Å². The second-order valence-electron chi connectivity index (χ2n) is 5.53. The number of carbonyl (C=O) groups is 1. The average molecular weight is 368 g/mol. The summed E-state index contributed by atoms with van der Waals surface area (Å²) in [7, 11) is 0. The molecule has 4 nitrogen and oxygen atoms in total. The van der Waals surface area contributed by atoms with Crippen LogP contribution in [0.5, 0.6) is 5.88 Å². The van der Waals surface area contributed by atoms with Gasteiger partial charge in [0.1, 0.15) is 6.10 Å². The summed E-state index contributed by atoms with van der Waals surface area (Å²) in [6.45, 7) is 0.758. The molecule has 0 bridgehead atoms. The van der Waals surface area contributed by atoms with Gasteiger partial charge < -0.3 is 9.64 Å². The Balaban J connectivity index is 1.57. The van der Waals surface area contributed by atoms with Crippen molar-refractivity contribution in [1.29, 1.82) is 0 Å². The lowest BCUT2D eigenvalue weighted by Gasteiger charge is -2.38. The summed E-state index contributed by atoms with van der Waals surface area (Å²) in [6.07, 6.45) is -2.04. The van der Waals surface area contributed by atoms with Gasteiger partial charge in [0.15, 0.2) is 0 Å². The lowest BCUT2D eigenvalue weighted by molar-refractivity contribution is -0.137. The fraction of sp³-hybridized carbons (Fsp3) is 0.294. The van der Waals surface area contributed by atoms with Crippen molar-refractivity contribution in [3.63, 3.8) is 0 Å². The van der Waals surface area contributed by atoms with Crippen molar-refractivity contribution < 1.29 is 22.7 Å². The SMILES string of the molecule is CSc1ccccc1C(=O)N1CC(Oc2ccc(C(F)(F)F)cn2)C1. The number of benzene rings is 1. The number of halogens is 3. The molecule has 1 aliphatic heterocycles. The van der Waals surface area contributed by atoms with E-state index in [0.717, 1.165) is 17.2 Å². The number of nitrogens with zero attached hydrogens (tertiary/aromatic N) is 2. The molecule has 1 saturated heterocycles. The number of alkyl halides is 3. The van der Waals surface area contributed by atoms with E-state index in [4.69, 9.17) is 4.74 Å². The number of amides is 1. The Morgan fingerprint density at radius 2 is 1.96 bits per heavy atom.